The molecule has 3 nitrogen and oxygen atoms in total. The van der Waals surface area contributed by atoms with Crippen LogP contribution in [0.2, 0.25) is 0 Å². The van der Waals surface area contributed by atoms with Crippen LogP contribution in [0, 0.1) is 5.41 Å². The van der Waals surface area contributed by atoms with Gasteiger partial charge in [-0.3, -0.25) is 4.79 Å². The molecule has 0 saturated carbocycles. The second-order valence-electron chi connectivity index (χ2n) is 4.45. The summed E-state index contributed by atoms with van der Waals surface area (Å²) < 4.78 is 0. The molecule has 0 rings (SSSR count). The predicted octanol–water partition coefficient (Wildman–Crippen LogP) is 0.920. The topological polar surface area (TPSA) is 49.3 Å². The molecule has 0 unspecified atom stereocenters. The van der Waals surface area contributed by atoms with Gasteiger partial charge < -0.3 is 10.4 Å². The molecular weight excluding hydrogens is 154 g/mol. The van der Waals surface area contributed by atoms with Crippen molar-refractivity contribution in [2.45, 2.75) is 39.7 Å². The highest BCUT2D eigenvalue weighted by Crippen LogP contribution is 2.27. The van der Waals surface area contributed by atoms with E-state index in [9.17, 15) is 9.90 Å². The number of hydrogen-bond acceptors (Lipinski definition) is 2. The van der Waals surface area contributed by atoms with Crippen LogP contribution in [0.25, 0.3) is 0 Å². The van der Waals surface area contributed by atoms with E-state index in [-0.39, 0.29) is 5.91 Å². The van der Waals surface area contributed by atoms with Crippen molar-refractivity contribution in [3.05, 3.63) is 0 Å². The number of hydrogen-bond donors (Lipinski definition) is 2. The summed E-state index contributed by atoms with van der Waals surface area (Å²) in [5.74, 6) is -0.0374. The first-order chi connectivity index (χ1) is 5.19. The Kier molecular flexibility index (Phi) is 3.27. The average Bonchev–Trinajstić information content (AvgIpc) is 1.80. The van der Waals surface area contributed by atoms with Crippen LogP contribution in [0.4, 0.5) is 0 Å². The lowest BCUT2D eigenvalue weighted by Crippen LogP contribution is -2.39. The summed E-state index contributed by atoms with van der Waals surface area (Å²) in [6.45, 7) is 7.06. The first-order valence-electron chi connectivity index (χ1n) is 4.13. The summed E-state index contributed by atoms with van der Waals surface area (Å²) in [6.07, 6.45) is 0.458. The summed E-state index contributed by atoms with van der Waals surface area (Å²) in [4.78, 5) is 11.3. The van der Waals surface area contributed by atoms with Crippen LogP contribution in [-0.4, -0.2) is 23.7 Å². The van der Waals surface area contributed by atoms with Gasteiger partial charge in [0.1, 0.15) is 0 Å². The molecule has 0 aromatic heterocycles. The maximum Gasteiger partial charge on any atom is 0.225 e. The highest BCUT2D eigenvalue weighted by molar-refractivity contribution is 5.81. The van der Waals surface area contributed by atoms with E-state index in [1.165, 1.54) is 0 Å². The molecule has 0 aliphatic carbocycles. The standard InChI is InChI=1S/C9H19NO2/c1-8(2,7(11)10-5)6-9(3,4)12/h12H,6H2,1-5H3,(H,10,11). The van der Waals surface area contributed by atoms with E-state index in [0.29, 0.717) is 6.42 Å². The van der Waals surface area contributed by atoms with Crippen LogP contribution in [0.5, 0.6) is 0 Å². The van der Waals surface area contributed by atoms with Gasteiger partial charge in [-0.1, -0.05) is 13.8 Å². The van der Waals surface area contributed by atoms with Gasteiger partial charge in [-0.05, 0) is 20.3 Å². The molecule has 0 heterocycles. The molecule has 1 amide bonds. The van der Waals surface area contributed by atoms with Crippen LogP contribution in [0.1, 0.15) is 34.1 Å². The third-order valence-electron chi connectivity index (χ3n) is 1.72. The fourth-order valence-electron chi connectivity index (χ4n) is 1.50. The molecule has 0 aromatic rings. The van der Waals surface area contributed by atoms with Crippen molar-refractivity contribution in [2.75, 3.05) is 7.05 Å². The largest absolute Gasteiger partial charge is 0.390 e. The van der Waals surface area contributed by atoms with Crippen molar-refractivity contribution >= 4 is 5.91 Å². The lowest BCUT2D eigenvalue weighted by atomic mass is 9.81. The zero-order valence-electron chi connectivity index (χ0n) is 8.56. The van der Waals surface area contributed by atoms with Gasteiger partial charge in [-0.15, -0.1) is 0 Å². The van der Waals surface area contributed by atoms with Gasteiger partial charge in [0.25, 0.3) is 0 Å². The number of carbonyl (C=O) groups excluding carboxylic acids is 1. The van der Waals surface area contributed by atoms with E-state index in [1.54, 1.807) is 20.9 Å². The molecule has 2 N–H and O–H groups in total. The molecule has 0 atom stereocenters. The maximum atomic E-state index is 11.3. The normalized spacial score (nSPS) is 12.8. The molecule has 0 aromatic carbocycles. The van der Waals surface area contributed by atoms with E-state index in [2.05, 4.69) is 5.32 Å². The highest BCUT2D eigenvalue weighted by atomic mass is 16.3. The maximum absolute atomic E-state index is 11.3. The van der Waals surface area contributed by atoms with Gasteiger partial charge in [-0.2, -0.15) is 0 Å². The fraction of sp³-hybridized carbons (Fsp3) is 0.889. The molecule has 0 aliphatic heterocycles. The Morgan fingerprint density at radius 1 is 1.33 bits per heavy atom. The summed E-state index contributed by atoms with van der Waals surface area (Å²) in [7, 11) is 1.61. The van der Waals surface area contributed by atoms with Gasteiger partial charge in [0, 0.05) is 12.5 Å². The van der Waals surface area contributed by atoms with Crippen LogP contribution in [-0.2, 0) is 4.79 Å². The minimum atomic E-state index is -0.796. The Labute approximate surface area is 74.2 Å². The smallest absolute Gasteiger partial charge is 0.225 e. The second-order valence-corrected chi connectivity index (χ2v) is 4.45. The second kappa shape index (κ2) is 3.44. The van der Waals surface area contributed by atoms with Gasteiger partial charge in [0.15, 0.2) is 0 Å². The van der Waals surface area contributed by atoms with E-state index in [4.69, 9.17) is 0 Å². The molecule has 12 heavy (non-hydrogen) atoms. The third-order valence-corrected chi connectivity index (χ3v) is 1.72. The van der Waals surface area contributed by atoms with Gasteiger partial charge in [0.2, 0.25) is 5.91 Å². The Morgan fingerprint density at radius 2 is 1.75 bits per heavy atom. The molecule has 0 aliphatic rings. The number of nitrogens with one attached hydrogen (secondary N) is 1. The lowest BCUT2D eigenvalue weighted by molar-refractivity contribution is -0.131. The number of rotatable bonds is 3. The highest BCUT2D eigenvalue weighted by Gasteiger charge is 2.32. The summed E-state index contributed by atoms with van der Waals surface area (Å²) in [6, 6.07) is 0. The van der Waals surface area contributed by atoms with Crippen molar-refractivity contribution in [1.82, 2.24) is 5.32 Å². The van der Waals surface area contributed by atoms with Crippen LogP contribution in [0.3, 0.4) is 0 Å². The third kappa shape index (κ3) is 3.72. The molecule has 72 valence electrons. The van der Waals surface area contributed by atoms with E-state index >= 15 is 0 Å². The van der Waals surface area contributed by atoms with Crippen molar-refractivity contribution in [3.8, 4) is 0 Å². The molecule has 0 radical (unpaired) electrons. The van der Waals surface area contributed by atoms with Crippen molar-refractivity contribution < 1.29 is 9.90 Å². The number of amides is 1. The van der Waals surface area contributed by atoms with Gasteiger partial charge in [-0.25, -0.2) is 0 Å². The molecule has 3 heteroatoms. The summed E-state index contributed by atoms with van der Waals surface area (Å²) in [5.41, 5.74) is -1.30. The van der Waals surface area contributed by atoms with Gasteiger partial charge >= 0.3 is 0 Å². The van der Waals surface area contributed by atoms with Crippen LogP contribution >= 0.6 is 0 Å². The van der Waals surface area contributed by atoms with Crippen molar-refractivity contribution in [2.24, 2.45) is 5.41 Å². The van der Waals surface area contributed by atoms with Crippen LogP contribution in [0.15, 0.2) is 0 Å². The first kappa shape index (κ1) is 11.4. The Bertz CT molecular complexity index is 168. The van der Waals surface area contributed by atoms with Gasteiger partial charge in [0.05, 0.1) is 5.60 Å². The first-order valence-corrected chi connectivity index (χ1v) is 4.13. The zero-order chi connectivity index (χ0) is 9.99. The molecule has 0 fully saturated rings. The summed E-state index contributed by atoms with van der Waals surface area (Å²) in [5, 5.41) is 12.1. The van der Waals surface area contributed by atoms with E-state index in [0.717, 1.165) is 0 Å². The predicted molar refractivity (Wildman–Crippen MR) is 48.8 cm³/mol. The van der Waals surface area contributed by atoms with E-state index < -0.39 is 11.0 Å². The molecular formula is C9H19NO2. The van der Waals surface area contributed by atoms with E-state index in [1.807, 2.05) is 13.8 Å². The molecule has 0 spiro atoms. The average molecular weight is 173 g/mol. The van der Waals surface area contributed by atoms with Crippen LogP contribution < -0.4 is 5.32 Å². The Morgan fingerprint density at radius 3 is 2.00 bits per heavy atom. The quantitative estimate of drug-likeness (QED) is 0.666. The minimum absolute atomic E-state index is 0.0374. The van der Waals surface area contributed by atoms with Crippen molar-refractivity contribution in [1.29, 1.82) is 0 Å². The Balaban J connectivity index is 4.32. The SMILES string of the molecule is CNC(=O)C(C)(C)CC(C)(C)O. The zero-order valence-corrected chi connectivity index (χ0v) is 8.56. The lowest BCUT2D eigenvalue weighted by Gasteiger charge is -2.29. The summed E-state index contributed by atoms with van der Waals surface area (Å²) >= 11 is 0. The Hall–Kier alpha value is -0.570. The fourth-order valence-corrected chi connectivity index (χ4v) is 1.50. The number of aliphatic hydroxyl groups is 1. The number of carbonyl (C=O) groups is 1. The monoisotopic (exact) mass is 173 g/mol. The van der Waals surface area contributed by atoms with Crippen molar-refractivity contribution in [3.63, 3.8) is 0 Å². The molecule has 0 bridgehead atoms. The molecule has 0 saturated heterocycles. The minimum Gasteiger partial charge on any atom is -0.390 e.